The average molecular weight is 417 g/mol. The number of nitrogens with two attached hydrogens (primary N) is 1. The number of anilines is 1. The van der Waals surface area contributed by atoms with E-state index in [2.05, 4.69) is 45.1 Å². The zero-order chi connectivity index (χ0) is 21.1. The second-order valence-electron chi connectivity index (χ2n) is 7.39. The van der Waals surface area contributed by atoms with Crippen molar-refractivity contribution >= 4 is 29.2 Å². The largest absolute Gasteiger partial charge is 0.383 e. The normalized spacial score (nSPS) is 17.6. The number of hydrogen-bond acceptors (Lipinski definition) is 6. The standard InChI is InChI=1S/C14H19N5S.C4H9N.C4H8/c1-4-10(5-9(2)6-19-20-3)11-7-16-14-12(11)13(15)17-8-18-14;1-5-3-2-4-5;1-2-4-3-1/h4-5,7,16,18-19H,1-2,6,8H2,3H3,(H2,15,17);2-4H2,1H3;1-4H2/b10-5+;;. The monoisotopic (exact) mass is 416 g/mol. The van der Waals surface area contributed by atoms with Crippen LogP contribution in [-0.2, 0) is 0 Å². The van der Waals surface area contributed by atoms with E-state index in [9.17, 15) is 0 Å². The highest BCUT2D eigenvalue weighted by Crippen LogP contribution is 2.28. The van der Waals surface area contributed by atoms with E-state index in [0.717, 1.165) is 28.1 Å². The van der Waals surface area contributed by atoms with Gasteiger partial charge in [-0.3, -0.25) is 4.72 Å². The molecule has 0 spiro atoms. The molecule has 1 saturated carbocycles. The van der Waals surface area contributed by atoms with Crippen LogP contribution in [0.2, 0.25) is 0 Å². The third-order valence-electron chi connectivity index (χ3n) is 5.06. The van der Waals surface area contributed by atoms with Gasteiger partial charge in [-0.2, -0.15) is 0 Å². The van der Waals surface area contributed by atoms with Gasteiger partial charge in [-0.05, 0) is 44.0 Å². The average Bonchev–Trinajstić information content (AvgIpc) is 3.07. The summed E-state index contributed by atoms with van der Waals surface area (Å²) < 4.78 is 3.16. The van der Waals surface area contributed by atoms with E-state index in [4.69, 9.17) is 5.73 Å². The molecule has 0 unspecified atom stereocenters. The molecule has 2 fully saturated rings. The zero-order valence-corrected chi connectivity index (χ0v) is 18.7. The first kappa shape index (κ1) is 23.3. The molecule has 160 valence electrons. The van der Waals surface area contributed by atoms with E-state index in [1.165, 1.54) is 45.2 Å². The fraction of sp³-hybridized carbons (Fsp3) is 0.500. The van der Waals surface area contributed by atoms with Gasteiger partial charge in [-0.25, -0.2) is 4.99 Å². The van der Waals surface area contributed by atoms with E-state index in [1.54, 1.807) is 18.0 Å². The summed E-state index contributed by atoms with van der Waals surface area (Å²) in [6, 6.07) is 0. The third kappa shape index (κ3) is 7.42. The molecule has 1 saturated heterocycles. The Morgan fingerprint density at radius 3 is 2.45 bits per heavy atom. The topological polar surface area (TPSA) is 81.5 Å². The predicted molar refractivity (Wildman–Crippen MR) is 129 cm³/mol. The fourth-order valence-corrected chi connectivity index (χ4v) is 3.08. The third-order valence-corrected chi connectivity index (χ3v) is 5.49. The van der Waals surface area contributed by atoms with Crippen LogP contribution in [0.3, 0.4) is 0 Å². The molecule has 0 bridgehead atoms. The highest BCUT2D eigenvalue weighted by Gasteiger charge is 2.19. The summed E-state index contributed by atoms with van der Waals surface area (Å²) in [7, 11) is 2.14. The zero-order valence-electron chi connectivity index (χ0n) is 17.9. The summed E-state index contributed by atoms with van der Waals surface area (Å²) in [6.07, 6.45) is 15.1. The molecule has 29 heavy (non-hydrogen) atoms. The Bertz CT molecular complexity index is 722. The van der Waals surface area contributed by atoms with Crippen molar-refractivity contribution in [2.24, 2.45) is 10.7 Å². The van der Waals surface area contributed by atoms with Gasteiger partial charge >= 0.3 is 0 Å². The summed E-state index contributed by atoms with van der Waals surface area (Å²) in [5, 5.41) is 3.16. The van der Waals surface area contributed by atoms with Gasteiger partial charge in [0.05, 0.1) is 5.56 Å². The summed E-state index contributed by atoms with van der Waals surface area (Å²) in [4.78, 5) is 9.70. The number of nitrogens with zero attached hydrogens (tertiary/aromatic N) is 2. The molecule has 4 rings (SSSR count). The van der Waals surface area contributed by atoms with Crippen molar-refractivity contribution < 1.29 is 0 Å². The van der Waals surface area contributed by atoms with Crippen LogP contribution >= 0.6 is 11.9 Å². The van der Waals surface area contributed by atoms with Crippen molar-refractivity contribution in [2.75, 3.05) is 44.9 Å². The first-order valence-electron chi connectivity index (χ1n) is 10.3. The van der Waals surface area contributed by atoms with Gasteiger partial charge < -0.3 is 20.9 Å². The van der Waals surface area contributed by atoms with Crippen molar-refractivity contribution in [1.29, 1.82) is 0 Å². The van der Waals surface area contributed by atoms with Crippen LogP contribution in [0.25, 0.3) is 5.57 Å². The van der Waals surface area contributed by atoms with Gasteiger partial charge in [0.1, 0.15) is 18.3 Å². The van der Waals surface area contributed by atoms with Crippen LogP contribution in [0.1, 0.15) is 43.2 Å². The lowest BCUT2D eigenvalue weighted by Gasteiger charge is -2.24. The molecule has 1 aliphatic carbocycles. The first-order chi connectivity index (χ1) is 14.1. The maximum Gasteiger partial charge on any atom is 0.132 e. The maximum atomic E-state index is 5.99. The molecule has 7 heteroatoms. The minimum absolute atomic E-state index is 0.496. The molecule has 0 radical (unpaired) electrons. The molecule has 5 N–H and O–H groups in total. The van der Waals surface area contributed by atoms with E-state index >= 15 is 0 Å². The Balaban J connectivity index is 0.000000270. The van der Waals surface area contributed by atoms with Crippen molar-refractivity contribution in [2.45, 2.75) is 32.1 Å². The van der Waals surface area contributed by atoms with Gasteiger partial charge in [0.2, 0.25) is 0 Å². The van der Waals surface area contributed by atoms with Crippen LogP contribution in [0.15, 0.2) is 42.1 Å². The van der Waals surface area contributed by atoms with Crippen molar-refractivity contribution in [3.05, 3.63) is 48.2 Å². The number of fused-ring (bicyclic) bond motifs is 1. The molecule has 0 atom stereocenters. The molecule has 1 aromatic rings. The van der Waals surface area contributed by atoms with Gasteiger partial charge in [-0.1, -0.05) is 62.9 Å². The predicted octanol–water partition coefficient (Wildman–Crippen LogP) is 3.98. The van der Waals surface area contributed by atoms with Crippen molar-refractivity contribution in [1.82, 2.24) is 14.6 Å². The lowest BCUT2D eigenvalue weighted by Crippen LogP contribution is -2.32. The fourth-order valence-electron chi connectivity index (χ4n) is 2.75. The number of hydrogen-bond donors (Lipinski definition) is 4. The Hall–Kier alpha value is -1.96. The van der Waals surface area contributed by atoms with Gasteiger partial charge in [-0.15, -0.1) is 0 Å². The minimum atomic E-state index is 0.496. The number of amidine groups is 1. The summed E-state index contributed by atoms with van der Waals surface area (Å²) in [6.45, 7) is 11.8. The molecule has 2 aliphatic heterocycles. The molecular weight excluding hydrogens is 380 g/mol. The SMILES string of the molecule is C1CCC1.C=C/C(=C\C(=C)CNSC)c1c[nH]c2c1C(N)=NCN2.CN1CCC1. The number of H-pyrrole nitrogens is 1. The van der Waals surface area contributed by atoms with Crippen LogP contribution in [0, 0.1) is 0 Å². The first-order valence-corrected chi connectivity index (χ1v) is 11.5. The van der Waals surface area contributed by atoms with E-state index in [-0.39, 0.29) is 0 Å². The lowest BCUT2D eigenvalue weighted by atomic mass is 10.0. The summed E-state index contributed by atoms with van der Waals surface area (Å²) >= 11 is 1.56. The highest BCUT2D eigenvalue weighted by molar-refractivity contribution is 7.96. The van der Waals surface area contributed by atoms with Crippen LogP contribution in [0.4, 0.5) is 5.82 Å². The van der Waals surface area contributed by atoms with Gasteiger partial charge in [0, 0.05) is 18.3 Å². The van der Waals surface area contributed by atoms with Crippen LogP contribution in [-0.4, -0.2) is 55.3 Å². The molecule has 0 amide bonds. The Morgan fingerprint density at radius 2 is 1.97 bits per heavy atom. The second-order valence-corrected chi connectivity index (χ2v) is 8.09. The summed E-state index contributed by atoms with van der Waals surface area (Å²) in [5.74, 6) is 1.43. The summed E-state index contributed by atoms with van der Waals surface area (Å²) in [5.41, 5.74) is 9.81. The van der Waals surface area contributed by atoms with Crippen LogP contribution in [0.5, 0.6) is 0 Å². The molecule has 6 nitrogen and oxygen atoms in total. The van der Waals surface area contributed by atoms with E-state index in [1.807, 2.05) is 18.5 Å². The Morgan fingerprint density at radius 1 is 1.31 bits per heavy atom. The quantitative estimate of drug-likeness (QED) is 0.417. The van der Waals surface area contributed by atoms with E-state index < -0.39 is 0 Å². The number of aromatic nitrogens is 1. The number of aromatic amines is 1. The van der Waals surface area contributed by atoms with Gasteiger partial charge in [0.25, 0.3) is 0 Å². The smallest absolute Gasteiger partial charge is 0.132 e. The second kappa shape index (κ2) is 12.6. The molecule has 3 aliphatic rings. The number of nitrogens with one attached hydrogen (secondary N) is 3. The molecule has 3 heterocycles. The number of likely N-dealkylation sites (tertiary alicyclic amines) is 1. The van der Waals surface area contributed by atoms with E-state index in [0.29, 0.717) is 19.0 Å². The van der Waals surface area contributed by atoms with Crippen molar-refractivity contribution in [3.63, 3.8) is 0 Å². The highest BCUT2D eigenvalue weighted by atomic mass is 32.2. The molecule has 1 aromatic heterocycles. The number of allylic oxidation sites excluding steroid dienone is 2. The maximum absolute atomic E-state index is 5.99. The molecule has 0 aromatic carbocycles. The van der Waals surface area contributed by atoms with Crippen LogP contribution < -0.4 is 15.8 Å². The Kier molecular flexibility index (Phi) is 10.1. The number of aliphatic imine (C=N–C) groups is 1. The van der Waals surface area contributed by atoms with Gasteiger partial charge in [0.15, 0.2) is 0 Å². The lowest BCUT2D eigenvalue weighted by molar-refractivity contribution is 0.229. The van der Waals surface area contributed by atoms with Crippen molar-refractivity contribution in [3.8, 4) is 0 Å². The number of rotatable bonds is 6. The molecular formula is C22H36N6S. The minimum Gasteiger partial charge on any atom is -0.383 e. The Labute approximate surface area is 179 Å².